The van der Waals surface area contributed by atoms with Gasteiger partial charge < -0.3 is 20.4 Å². The number of carbonyl (C=O) groups excluding carboxylic acids is 3. The summed E-state index contributed by atoms with van der Waals surface area (Å²) in [5, 5.41) is 5.50. The number of nitrogens with zero attached hydrogens (tertiary/aromatic N) is 6. The van der Waals surface area contributed by atoms with E-state index in [0.29, 0.717) is 43.9 Å². The van der Waals surface area contributed by atoms with Crippen LogP contribution in [0.1, 0.15) is 57.5 Å². The molecule has 4 heterocycles. The number of halogens is 3. The molecule has 11 nitrogen and oxygen atoms in total. The van der Waals surface area contributed by atoms with Crippen molar-refractivity contribution in [1.29, 1.82) is 0 Å². The number of anilines is 2. The van der Waals surface area contributed by atoms with Crippen LogP contribution in [0.25, 0.3) is 0 Å². The fourth-order valence-electron chi connectivity index (χ4n) is 3.84. The highest BCUT2D eigenvalue weighted by atomic mass is 35.5. The van der Waals surface area contributed by atoms with Crippen LogP contribution in [0, 0.1) is 0 Å². The number of aromatic nitrogens is 4. The first kappa shape index (κ1) is 28.2. The van der Waals surface area contributed by atoms with Crippen LogP contribution in [-0.2, 0) is 10.7 Å². The Labute approximate surface area is 231 Å². The Morgan fingerprint density at radius 1 is 1.05 bits per heavy atom. The van der Waals surface area contributed by atoms with Gasteiger partial charge in [-0.1, -0.05) is 11.6 Å². The molecule has 15 heteroatoms. The molecule has 0 spiro atoms. The van der Waals surface area contributed by atoms with Crippen LogP contribution < -0.4 is 15.5 Å². The predicted molar refractivity (Wildman–Crippen MR) is 141 cm³/mol. The van der Waals surface area contributed by atoms with Crippen molar-refractivity contribution in [3.05, 3.63) is 57.0 Å². The summed E-state index contributed by atoms with van der Waals surface area (Å²) < 4.78 is 27.5. The Morgan fingerprint density at radius 3 is 2.44 bits per heavy atom. The van der Waals surface area contributed by atoms with Crippen molar-refractivity contribution in [1.82, 2.24) is 30.2 Å². The van der Waals surface area contributed by atoms with E-state index in [4.69, 9.17) is 11.6 Å². The summed E-state index contributed by atoms with van der Waals surface area (Å²) in [6, 6.07) is 2.05. The lowest BCUT2D eigenvalue weighted by atomic mass is 10.1. The summed E-state index contributed by atoms with van der Waals surface area (Å²) in [5.41, 5.74) is -0.297. The molecular weight excluding hydrogens is 554 g/mol. The van der Waals surface area contributed by atoms with Crippen molar-refractivity contribution in [2.75, 3.05) is 36.4 Å². The summed E-state index contributed by atoms with van der Waals surface area (Å²) in [5.74, 6) is -3.74. The molecule has 1 fully saturated rings. The average Bonchev–Trinajstić information content (AvgIpc) is 3.40. The second-order valence-electron chi connectivity index (χ2n) is 8.90. The zero-order valence-corrected chi connectivity index (χ0v) is 22.8. The van der Waals surface area contributed by atoms with Crippen LogP contribution in [0.2, 0.25) is 5.02 Å². The molecule has 4 rings (SSSR count). The quantitative estimate of drug-likeness (QED) is 0.435. The minimum Gasteiger partial charge on any atom is -0.353 e. The Bertz CT molecular complexity index is 1390. The number of amides is 3. The van der Waals surface area contributed by atoms with Gasteiger partial charge in [-0.2, -0.15) is 0 Å². The molecule has 3 amide bonds. The van der Waals surface area contributed by atoms with Crippen molar-refractivity contribution in [3.63, 3.8) is 0 Å². The van der Waals surface area contributed by atoms with E-state index in [9.17, 15) is 23.2 Å². The van der Waals surface area contributed by atoms with Crippen LogP contribution in [0.15, 0.2) is 30.9 Å². The van der Waals surface area contributed by atoms with E-state index >= 15 is 0 Å². The molecule has 1 aliphatic rings. The highest BCUT2D eigenvalue weighted by Crippen LogP contribution is 2.33. The predicted octanol–water partition coefficient (Wildman–Crippen LogP) is 3.51. The van der Waals surface area contributed by atoms with Crippen LogP contribution >= 0.6 is 22.9 Å². The third-order valence-electron chi connectivity index (χ3n) is 5.97. The fraction of sp³-hybridized carbons (Fsp3) is 0.375. The first-order valence-corrected chi connectivity index (χ1v) is 13.1. The molecular formula is C24H25ClF2N8O3S. The lowest BCUT2D eigenvalue weighted by Crippen LogP contribution is -2.48. The second-order valence-corrected chi connectivity index (χ2v) is 10.4. The lowest BCUT2D eigenvalue weighted by molar-refractivity contribution is -0.129. The van der Waals surface area contributed by atoms with E-state index in [1.165, 1.54) is 19.4 Å². The summed E-state index contributed by atoms with van der Waals surface area (Å²) in [7, 11) is 0. The van der Waals surface area contributed by atoms with Crippen LogP contribution in [0.3, 0.4) is 0 Å². The van der Waals surface area contributed by atoms with Crippen molar-refractivity contribution in [3.8, 4) is 0 Å². The van der Waals surface area contributed by atoms with Gasteiger partial charge in [0.15, 0.2) is 0 Å². The molecule has 0 aliphatic carbocycles. The number of carbonyl (C=O) groups is 3. The third kappa shape index (κ3) is 6.81. The van der Waals surface area contributed by atoms with Gasteiger partial charge in [-0.15, -0.1) is 11.3 Å². The number of pyridine rings is 1. The number of alkyl halides is 2. The van der Waals surface area contributed by atoms with Gasteiger partial charge in [-0.25, -0.2) is 28.7 Å². The molecule has 0 radical (unpaired) electrons. The van der Waals surface area contributed by atoms with Gasteiger partial charge >= 0.3 is 0 Å². The third-order valence-corrected chi connectivity index (χ3v) is 7.45. The van der Waals surface area contributed by atoms with Gasteiger partial charge in [-0.05, 0) is 13.0 Å². The summed E-state index contributed by atoms with van der Waals surface area (Å²) in [6.45, 7) is 6.25. The standard InChI is InChI=1S/C24H25ClF2N8O3S/c1-13(32-21(37)17-9-20(31-12-30-17)35-6-4-34(5-7-35)14(2)36)23-29-11-18(39-23)22(38)33-19-8-15(24(3,26)27)16(25)10-28-19/h8-13H,4-7H2,1-3H3,(H,32,37)(H,28,33,38). The Kier molecular flexibility index (Phi) is 8.35. The first-order valence-electron chi connectivity index (χ1n) is 11.9. The van der Waals surface area contributed by atoms with Crippen LogP contribution in [0.4, 0.5) is 20.4 Å². The minimum atomic E-state index is -3.21. The molecule has 206 valence electrons. The van der Waals surface area contributed by atoms with E-state index < -0.39 is 29.3 Å². The highest BCUT2D eigenvalue weighted by molar-refractivity contribution is 7.13. The highest BCUT2D eigenvalue weighted by Gasteiger charge is 2.28. The number of piperazine rings is 1. The number of thiazole rings is 1. The van der Waals surface area contributed by atoms with Crippen molar-refractivity contribution >= 4 is 52.3 Å². The maximum absolute atomic E-state index is 13.7. The lowest BCUT2D eigenvalue weighted by Gasteiger charge is -2.34. The van der Waals surface area contributed by atoms with E-state index in [1.807, 2.05) is 4.90 Å². The van der Waals surface area contributed by atoms with Gasteiger partial charge in [0.25, 0.3) is 17.7 Å². The van der Waals surface area contributed by atoms with Crippen LogP contribution in [-0.4, -0.2) is 68.7 Å². The van der Waals surface area contributed by atoms with E-state index in [2.05, 4.69) is 30.6 Å². The summed E-state index contributed by atoms with van der Waals surface area (Å²) in [4.78, 5) is 57.4. The van der Waals surface area contributed by atoms with E-state index in [0.717, 1.165) is 23.6 Å². The maximum atomic E-state index is 13.7. The first-order chi connectivity index (χ1) is 18.4. The summed E-state index contributed by atoms with van der Waals surface area (Å²) >= 11 is 6.83. The molecule has 3 aromatic heterocycles. The van der Waals surface area contributed by atoms with Crippen molar-refractivity contribution in [2.24, 2.45) is 0 Å². The molecule has 0 bridgehead atoms. The molecule has 0 aromatic carbocycles. The number of hydrogen-bond donors (Lipinski definition) is 2. The number of nitrogens with one attached hydrogen (secondary N) is 2. The topological polar surface area (TPSA) is 133 Å². The largest absolute Gasteiger partial charge is 0.353 e. The smallest absolute Gasteiger partial charge is 0.272 e. The zero-order chi connectivity index (χ0) is 28.3. The monoisotopic (exact) mass is 578 g/mol. The Hall–Kier alpha value is -3.78. The van der Waals surface area contributed by atoms with Crippen LogP contribution in [0.5, 0.6) is 0 Å². The van der Waals surface area contributed by atoms with Gasteiger partial charge in [0.05, 0.1) is 17.3 Å². The van der Waals surface area contributed by atoms with Gasteiger partial charge in [0, 0.05) is 57.9 Å². The summed E-state index contributed by atoms with van der Waals surface area (Å²) in [6.07, 6.45) is 3.68. The fourth-order valence-corrected chi connectivity index (χ4v) is 4.93. The molecule has 1 unspecified atom stereocenters. The van der Waals surface area contributed by atoms with Gasteiger partial charge in [0.2, 0.25) is 5.91 Å². The van der Waals surface area contributed by atoms with E-state index in [1.54, 1.807) is 17.9 Å². The molecule has 0 saturated carbocycles. The Balaban J connectivity index is 1.38. The second kappa shape index (κ2) is 11.5. The molecule has 2 N–H and O–H groups in total. The molecule has 3 aromatic rings. The maximum Gasteiger partial charge on any atom is 0.272 e. The molecule has 1 atom stereocenters. The number of hydrogen-bond acceptors (Lipinski definition) is 9. The van der Waals surface area contributed by atoms with Crippen molar-refractivity contribution in [2.45, 2.75) is 32.7 Å². The molecule has 1 saturated heterocycles. The SMILES string of the molecule is CC(=O)N1CCN(c2cc(C(=O)NC(C)c3ncc(C(=O)Nc4cc(C(C)(F)F)c(Cl)cn4)s3)ncn2)CC1. The van der Waals surface area contributed by atoms with Crippen molar-refractivity contribution < 1.29 is 23.2 Å². The van der Waals surface area contributed by atoms with Gasteiger partial charge in [0.1, 0.15) is 33.5 Å². The average molecular weight is 579 g/mol. The van der Waals surface area contributed by atoms with E-state index in [-0.39, 0.29) is 27.3 Å². The molecule has 1 aliphatic heterocycles. The van der Waals surface area contributed by atoms with Gasteiger partial charge in [-0.3, -0.25) is 14.4 Å². The normalized spacial score (nSPS) is 14.6. The molecule has 39 heavy (non-hydrogen) atoms. The minimum absolute atomic E-state index is 0.0196. The Morgan fingerprint density at radius 2 is 1.77 bits per heavy atom. The zero-order valence-electron chi connectivity index (χ0n) is 21.2. The number of rotatable bonds is 7.